The molecule has 3 nitrogen and oxygen atoms in total. The number of hydrogen-bond donors (Lipinski definition) is 1. The fraction of sp³-hybridized carbons (Fsp3) is 0.0714. The molecule has 1 N–H and O–H groups in total. The Hall–Kier alpha value is -1.56. The molecule has 0 aliphatic rings. The van der Waals surface area contributed by atoms with Gasteiger partial charge in [0, 0.05) is 28.2 Å². The van der Waals surface area contributed by atoms with Gasteiger partial charge >= 0.3 is 0 Å². The molecule has 0 unspecified atom stereocenters. The first-order valence-electron chi connectivity index (χ1n) is 5.92. The second-order valence-electron chi connectivity index (χ2n) is 3.98. The van der Waals surface area contributed by atoms with Crippen LogP contribution in [0.5, 0.6) is 5.75 Å². The Bertz CT molecular complexity index is 669. The molecule has 102 valence electrons. The van der Waals surface area contributed by atoms with Crippen molar-refractivity contribution in [3.05, 3.63) is 57.2 Å². The smallest absolute Gasteiger partial charge is 0.187 e. The van der Waals surface area contributed by atoms with Crippen LogP contribution in [0.15, 0.2) is 47.3 Å². The van der Waals surface area contributed by atoms with E-state index in [1.54, 1.807) is 28.9 Å². The topological polar surface area (TPSA) is 34.2 Å². The van der Waals surface area contributed by atoms with Gasteiger partial charge in [0.15, 0.2) is 5.13 Å². The lowest BCUT2D eigenvalue weighted by Crippen LogP contribution is -1.95. The van der Waals surface area contributed by atoms with Gasteiger partial charge in [-0.25, -0.2) is 4.98 Å². The van der Waals surface area contributed by atoms with Crippen molar-refractivity contribution in [3.63, 3.8) is 0 Å². The summed E-state index contributed by atoms with van der Waals surface area (Å²) in [7, 11) is 0. The molecular weight excluding hydrogens is 312 g/mol. The number of hydrogen-bond acceptors (Lipinski definition) is 5. The zero-order valence-electron chi connectivity index (χ0n) is 10.4. The monoisotopic (exact) mass is 322 g/mol. The maximum atomic E-state index is 6.16. The fourth-order valence-electron chi connectivity index (χ4n) is 1.64. The van der Waals surface area contributed by atoms with Gasteiger partial charge in [0.1, 0.15) is 12.4 Å². The van der Waals surface area contributed by atoms with Crippen molar-refractivity contribution in [2.24, 2.45) is 0 Å². The molecule has 1 aromatic carbocycles. The molecule has 3 aromatic rings. The highest BCUT2D eigenvalue weighted by molar-refractivity contribution is 7.13. The number of anilines is 2. The number of halogens is 1. The Morgan fingerprint density at radius 2 is 2.15 bits per heavy atom. The maximum Gasteiger partial charge on any atom is 0.187 e. The van der Waals surface area contributed by atoms with Gasteiger partial charge in [-0.15, -0.1) is 22.7 Å². The van der Waals surface area contributed by atoms with E-state index in [2.05, 4.69) is 10.3 Å². The van der Waals surface area contributed by atoms with Crippen LogP contribution in [0, 0.1) is 0 Å². The highest BCUT2D eigenvalue weighted by Gasteiger charge is 2.05. The van der Waals surface area contributed by atoms with E-state index >= 15 is 0 Å². The molecule has 0 atom stereocenters. The quantitative estimate of drug-likeness (QED) is 0.702. The molecule has 0 aliphatic carbocycles. The molecule has 2 heterocycles. The molecule has 6 heteroatoms. The first-order valence-corrected chi connectivity index (χ1v) is 8.06. The lowest BCUT2D eigenvalue weighted by Gasteiger charge is -2.09. The zero-order chi connectivity index (χ0) is 13.8. The van der Waals surface area contributed by atoms with E-state index in [1.165, 1.54) is 4.88 Å². The van der Waals surface area contributed by atoms with E-state index in [1.807, 2.05) is 41.1 Å². The summed E-state index contributed by atoms with van der Waals surface area (Å²) in [5.74, 6) is 0.668. The van der Waals surface area contributed by atoms with Crippen molar-refractivity contribution >= 4 is 45.1 Å². The lowest BCUT2D eigenvalue weighted by molar-refractivity contribution is 0.310. The summed E-state index contributed by atoms with van der Waals surface area (Å²) in [6.07, 6.45) is 1.76. The molecule has 0 fully saturated rings. The van der Waals surface area contributed by atoms with Crippen molar-refractivity contribution in [3.8, 4) is 5.75 Å². The van der Waals surface area contributed by atoms with E-state index in [-0.39, 0.29) is 0 Å². The minimum absolute atomic E-state index is 0.526. The number of thiophene rings is 1. The second kappa shape index (κ2) is 6.26. The van der Waals surface area contributed by atoms with Crippen LogP contribution in [0.25, 0.3) is 0 Å². The first kappa shape index (κ1) is 13.4. The third-order valence-corrected chi connectivity index (χ3v) is 4.42. The molecule has 0 radical (unpaired) electrons. The number of aromatic nitrogens is 1. The Kier molecular flexibility index (Phi) is 4.20. The number of rotatable bonds is 5. The molecule has 0 bridgehead atoms. The van der Waals surface area contributed by atoms with E-state index in [0.717, 1.165) is 10.8 Å². The van der Waals surface area contributed by atoms with Crippen LogP contribution >= 0.6 is 34.3 Å². The van der Waals surface area contributed by atoms with Crippen LogP contribution < -0.4 is 10.1 Å². The summed E-state index contributed by atoms with van der Waals surface area (Å²) >= 11 is 9.36. The minimum atomic E-state index is 0.526. The standard InChI is InChI=1S/C14H11ClN2OS2/c15-12-4-3-10(17-14-16-5-7-20-14)8-13(12)18-9-11-2-1-6-19-11/h1-8H,9H2,(H,16,17). The third-order valence-electron chi connectivity index (χ3n) is 2.56. The van der Waals surface area contributed by atoms with Crippen LogP contribution in [-0.2, 0) is 6.61 Å². The zero-order valence-corrected chi connectivity index (χ0v) is 12.8. The third kappa shape index (κ3) is 3.30. The fourth-order valence-corrected chi connectivity index (χ4v) is 2.98. The van der Waals surface area contributed by atoms with Crippen molar-refractivity contribution < 1.29 is 4.74 Å². The van der Waals surface area contributed by atoms with Crippen molar-refractivity contribution in [1.82, 2.24) is 4.98 Å². The van der Waals surface area contributed by atoms with Gasteiger partial charge in [0.05, 0.1) is 5.02 Å². The van der Waals surface area contributed by atoms with Crippen LogP contribution in [0.2, 0.25) is 5.02 Å². The summed E-state index contributed by atoms with van der Waals surface area (Å²) in [5.41, 5.74) is 0.908. The summed E-state index contributed by atoms with van der Waals surface area (Å²) in [5, 5.41) is 8.61. The van der Waals surface area contributed by atoms with E-state index in [4.69, 9.17) is 16.3 Å². The summed E-state index contributed by atoms with van der Waals surface area (Å²) in [4.78, 5) is 5.35. The highest BCUT2D eigenvalue weighted by atomic mass is 35.5. The second-order valence-corrected chi connectivity index (χ2v) is 6.31. The number of ether oxygens (including phenoxy) is 1. The van der Waals surface area contributed by atoms with Crippen LogP contribution in [-0.4, -0.2) is 4.98 Å². The normalized spacial score (nSPS) is 10.4. The maximum absolute atomic E-state index is 6.16. The molecule has 0 aliphatic heterocycles. The van der Waals surface area contributed by atoms with Crippen molar-refractivity contribution in [2.75, 3.05) is 5.32 Å². The predicted octanol–water partition coefficient (Wildman–Crippen LogP) is 5.18. The van der Waals surface area contributed by atoms with Crippen LogP contribution in [0.3, 0.4) is 0 Å². The Morgan fingerprint density at radius 3 is 2.90 bits per heavy atom. The van der Waals surface area contributed by atoms with Crippen molar-refractivity contribution in [2.45, 2.75) is 6.61 Å². The average molecular weight is 323 g/mol. The number of nitrogens with one attached hydrogen (secondary N) is 1. The first-order chi connectivity index (χ1) is 9.81. The molecule has 20 heavy (non-hydrogen) atoms. The van der Waals surface area contributed by atoms with E-state index < -0.39 is 0 Å². The van der Waals surface area contributed by atoms with Gasteiger partial charge in [-0.3, -0.25) is 0 Å². The van der Waals surface area contributed by atoms with Gasteiger partial charge in [0.25, 0.3) is 0 Å². The lowest BCUT2D eigenvalue weighted by atomic mass is 10.3. The molecule has 0 saturated heterocycles. The number of thiazole rings is 1. The molecule has 0 saturated carbocycles. The van der Waals surface area contributed by atoms with Gasteiger partial charge in [-0.1, -0.05) is 17.7 Å². The molecule has 0 amide bonds. The SMILES string of the molecule is Clc1ccc(Nc2nccs2)cc1OCc1cccs1. The summed E-state index contributed by atoms with van der Waals surface area (Å²) < 4.78 is 5.76. The van der Waals surface area contributed by atoms with Crippen LogP contribution in [0.4, 0.5) is 10.8 Å². The Balaban J connectivity index is 1.72. The van der Waals surface area contributed by atoms with Gasteiger partial charge in [-0.05, 0) is 23.6 Å². The highest BCUT2D eigenvalue weighted by Crippen LogP contribution is 2.30. The predicted molar refractivity (Wildman–Crippen MR) is 85.5 cm³/mol. The molecular formula is C14H11ClN2OS2. The Morgan fingerprint density at radius 1 is 1.20 bits per heavy atom. The largest absolute Gasteiger partial charge is 0.486 e. The summed E-state index contributed by atoms with van der Waals surface area (Å²) in [6, 6.07) is 9.65. The minimum Gasteiger partial charge on any atom is -0.486 e. The number of nitrogens with zero attached hydrogens (tertiary/aromatic N) is 1. The molecule has 2 aromatic heterocycles. The Labute approximate surface area is 129 Å². The van der Waals surface area contributed by atoms with Gasteiger partial charge < -0.3 is 10.1 Å². The van der Waals surface area contributed by atoms with Gasteiger partial charge in [0.2, 0.25) is 0 Å². The number of benzene rings is 1. The molecule has 0 spiro atoms. The van der Waals surface area contributed by atoms with E-state index in [0.29, 0.717) is 17.4 Å². The van der Waals surface area contributed by atoms with Crippen molar-refractivity contribution in [1.29, 1.82) is 0 Å². The average Bonchev–Trinajstić information content (AvgIpc) is 3.12. The van der Waals surface area contributed by atoms with E-state index in [9.17, 15) is 0 Å². The summed E-state index contributed by atoms with van der Waals surface area (Å²) in [6.45, 7) is 0.526. The van der Waals surface area contributed by atoms with Gasteiger partial charge in [-0.2, -0.15) is 0 Å². The molecule has 3 rings (SSSR count). The van der Waals surface area contributed by atoms with Crippen LogP contribution in [0.1, 0.15) is 4.88 Å².